The summed E-state index contributed by atoms with van der Waals surface area (Å²) in [5, 5.41) is 0. The van der Waals surface area contributed by atoms with Gasteiger partial charge in [-0.15, -0.1) is 0 Å². The molecular formula is C39H68N2. The van der Waals surface area contributed by atoms with Crippen molar-refractivity contribution in [2.24, 2.45) is 29.1 Å². The lowest BCUT2D eigenvalue weighted by atomic mass is 9.66. The van der Waals surface area contributed by atoms with Gasteiger partial charge in [0.25, 0.3) is 0 Å². The second-order valence-corrected chi connectivity index (χ2v) is 17.4. The van der Waals surface area contributed by atoms with Crippen molar-refractivity contribution < 1.29 is 0 Å². The second-order valence-electron chi connectivity index (χ2n) is 17.4. The summed E-state index contributed by atoms with van der Waals surface area (Å²) in [6, 6.07) is 5.48. The quantitative estimate of drug-likeness (QED) is 0.316. The van der Waals surface area contributed by atoms with E-state index in [0.29, 0.717) is 5.41 Å². The summed E-state index contributed by atoms with van der Waals surface area (Å²) in [4.78, 5) is 6.51. The molecule has 0 spiro atoms. The monoisotopic (exact) mass is 565 g/mol. The fraction of sp³-hybridized carbons (Fsp3) is 1.00. The molecule has 0 radical (unpaired) electrons. The molecule has 0 heterocycles. The number of fused-ring (bicyclic) bond motifs is 3. The van der Waals surface area contributed by atoms with Gasteiger partial charge in [0.2, 0.25) is 0 Å². The second kappa shape index (κ2) is 13.1. The van der Waals surface area contributed by atoms with Gasteiger partial charge in [0.15, 0.2) is 0 Å². The summed E-state index contributed by atoms with van der Waals surface area (Å²) in [6.07, 6.45) is 39.4. The van der Waals surface area contributed by atoms with Crippen molar-refractivity contribution in [2.45, 2.75) is 217 Å². The van der Waals surface area contributed by atoms with Crippen molar-refractivity contribution in [2.75, 3.05) is 0 Å². The summed E-state index contributed by atoms with van der Waals surface area (Å²) < 4.78 is 0. The third-order valence-corrected chi connectivity index (χ3v) is 15.0. The maximum absolute atomic E-state index is 3.25. The lowest BCUT2D eigenvalue weighted by Gasteiger charge is -2.51. The molecule has 0 aliphatic heterocycles. The molecule has 0 aromatic carbocycles. The average Bonchev–Trinajstić information content (AvgIpc) is 3.25. The Labute approximate surface area is 255 Å². The zero-order valence-corrected chi connectivity index (χ0v) is 27.6. The Balaban J connectivity index is 1.09. The number of hydrogen-bond acceptors (Lipinski definition) is 2. The van der Waals surface area contributed by atoms with E-state index in [1.54, 1.807) is 25.7 Å². The molecule has 41 heavy (non-hydrogen) atoms. The van der Waals surface area contributed by atoms with E-state index in [0.717, 1.165) is 59.9 Å². The van der Waals surface area contributed by atoms with Gasteiger partial charge in [-0.05, 0) is 119 Å². The van der Waals surface area contributed by atoms with Gasteiger partial charge in [0, 0.05) is 36.3 Å². The van der Waals surface area contributed by atoms with E-state index in [9.17, 15) is 0 Å². The Bertz CT molecular complexity index is 709. The first-order valence-electron chi connectivity index (χ1n) is 19.7. The van der Waals surface area contributed by atoms with Crippen molar-refractivity contribution in [3.63, 3.8) is 0 Å². The van der Waals surface area contributed by atoms with Crippen LogP contribution in [0.25, 0.3) is 0 Å². The molecule has 0 aromatic rings. The maximum Gasteiger partial charge on any atom is 0.0104 e. The van der Waals surface area contributed by atoms with Crippen molar-refractivity contribution in [3.8, 4) is 0 Å². The summed E-state index contributed by atoms with van der Waals surface area (Å²) in [6.45, 7) is 5.58. The molecule has 2 nitrogen and oxygen atoms in total. The van der Waals surface area contributed by atoms with E-state index in [1.807, 2.05) is 0 Å². The SMILES string of the molecule is CC1(C)C2CC(N(C3CCCCC3)C3CCCCC3)CCC2C2CCC(N(C3CCCCC3)C3CCCCC3)CC21. The van der Waals surface area contributed by atoms with Crippen LogP contribution >= 0.6 is 0 Å². The molecule has 0 bridgehead atoms. The van der Waals surface area contributed by atoms with Crippen LogP contribution < -0.4 is 0 Å². The fourth-order valence-corrected chi connectivity index (χ4v) is 13.2. The van der Waals surface area contributed by atoms with Crippen molar-refractivity contribution in [1.29, 1.82) is 0 Å². The third-order valence-electron chi connectivity index (χ3n) is 15.0. The molecule has 0 N–H and O–H groups in total. The van der Waals surface area contributed by atoms with Crippen LogP contribution in [-0.4, -0.2) is 46.1 Å². The summed E-state index contributed by atoms with van der Waals surface area (Å²) in [5.41, 5.74) is 0.544. The number of rotatable bonds is 6. The van der Waals surface area contributed by atoms with Crippen LogP contribution in [0.5, 0.6) is 0 Å². The molecule has 7 fully saturated rings. The predicted molar refractivity (Wildman–Crippen MR) is 174 cm³/mol. The molecule has 0 aromatic heterocycles. The van der Waals surface area contributed by atoms with Gasteiger partial charge in [0.05, 0.1) is 0 Å². The van der Waals surface area contributed by atoms with E-state index >= 15 is 0 Å². The zero-order valence-electron chi connectivity index (χ0n) is 27.6. The first-order chi connectivity index (χ1) is 20.1. The Morgan fingerprint density at radius 1 is 0.341 bits per heavy atom. The lowest BCUT2D eigenvalue weighted by Crippen LogP contribution is -2.53. The van der Waals surface area contributed by atoms with E-state index in [-0.39, 0.29) is 0 Å². The minimum atomic E-state index is 0.544. The zero-order chi connectivity index (χ0) is 27.8. The summed E-state index contributed by atoms with van der Waals surface area (Å²) >= 11 is 0. The first kappa shape index (κ1) is 29.6. The maximum atomic E-state index is 3.25. The minimum Gasteiger partial charge on any atom is -0.294 e. The molecule has 234 valence electrons. The molecule has 7 saturated carbocycles. The van der Waals surface area contributed by atoms with Gasteiger partial charge in [-0.1, -0.05) is 90.9 Å². The van der Waals surface area contributed by atoms with Gasteiger partial charge in [-0.3, -0.25) is 9.80 Å². The van der Waals surface area contributed by atoms with Gasteiger partial charge in [-0.2, -0.15) is 0 Å². The van der Waals surface area contributed by atoms with Crippen molar-refractivity contribution in [3.05, 3.63) is 0 Å². The normalized spacial score (nSPS) is 40.1. The van der Waals surface area contributed by atoms with Crippen molar-refractivity contribution >= 4 is 0 Å². The highest BCUT2D eigenvalue weighted by atomic mass is 15.2. The predicted octanol–water partition coefficient (Wildman–Crippen LogP) is 10.5. The van der Waals surface area contributed by atoms with Crippen LogP contribution in [0.4, 0.5) is 0 Å². The van der Waals surface area contributed by atoms with Crippen LogP contribution in [0.15, 0.2) is 0 Å². The largest absolute Gasteiger partial charge is 0.294 e. The molecular weight excluding hydrogens is 496 g/mol. The van der Waals surface area contributed by atoms with Gasteiger partial charge >= 0.3 is 0 Å². The highest BCUT2D eigenvalue weighted by Crippen LogP contribution is 2.64. The molecule has 6 atom stereocenters. The van der Waals surface area contributed by atoms with E-state index < -0.39 is 0 Å². The summed E-state index contributed by atoms with van der Waals surface area (Å²) in [5.74, 6) is 4.07. The standard InChI is InChI=1S/C39H68N2/c1-39(2)37-27-33(40(29-15-7-3-8-16-29)30-17-9-4-10-18-30)23-25-35(37)36-26-24-34(28-38(36)39)41(31-19-11-5-12-20-31)32-21-13-6-14-22-32/h29-38H,3-28H2,1-2H3. The number of nitrogens with zero attached hydrogens (tertiary/aromatic N) is 2. The van der Waals surface area contributed by atoms with Crippen LogP contribution in [0, 0.1) is 29.1 Å². The van der Waals surface area contributed by atoms with Crippen molar-refractivity contribution in [1.82, 2.24) is 9.80 Å². The lowest BCUT2D eigenvalue weighted by molar-refractivity contribution is -0.0146. The fourth-order valence-electron chi connectivity index (χ4n) is 13.2. The topological polar surface area (TPSA) is 6.48 Å². The van der Waals surface area contributed by atoms with E-state index in [1.165, 1.54) is 141 Å². The average molecular weight is 565 g/mol. The molecule has 7 rings (SSSR count). The van der Waals surface area contributed by atoms with Gasteiger partial charge in [-0.25, -0.2) is 0 Å². The minimum absolute atomic E-state index is 0.544. The van der Waals surface area contributed by atoms with Crippen LogP contribution in [0.1, 0.15) is 181 Å². The Morgan fingerprint density at radius 3 is 0.927 bits per heavy atom. The highest BCUT2D eigenvalue weighted by Gasteiger charge is 2.59. The number of hydrogen-bond donors (Lipinski definition) is 0. The van der Waals surface area contributed by atoms with Gasteiger partial charge < -0.3 is 0 Å². The molecule has 7 aliphatic carbocycles. The van der Waals surface area contributed by atoms with Crippen LogP contribution in [0.2, 0.25) is 0 Å². The first-order valence-corrected chi connectivity index (χ1v) is 19.7. The molecule has 0 amide bonds. The van der Waals surface area contributed by atoms with Crippen LogP contribution in [0.3, 0.4) is 0 Å². The van der Waals surface area contributed by atoms with E-state index in [2.05, 4.69) is 23.6 Å². The summed E-state index contributed by atoms with van der Waals surface area (Å²) in [7, 11) is 0. The molecule has 0 saturated heterocycles. The molecule has 2 heteroatoms. The van der Waals surface area contributed by atoms with E-state index in [4.69, 9.17) is 0 Å². The third kappa shape index (κ3) is 5.99. The molecule has 7 aliphatic rings. The van der Waals surface area contributed by atoms with Crippen LogP contribution in [-0.2, 0) is 0 Å². The Kier molecular flexibility index (Phi) is 9.47. The highest BCUT2D eigenvalue weighted by molar-refractivity contribution is 5.09. The van der Waals surface area contributed by atoms with Gasteiger partial charge in [0.1, 0.15) is 0 Å². The Morgan fingerprint density at radius 2 is 0.634 bits per heavy atom. The molecule has 6 unspecified atom stereocenters. The Hall–Kier alpha value is -0.0800. The smallest absolute Gasteiger partial charge is 0.0104 e.